The Morgan fingerprint density at radius 3 is 2.69 bits per heavy atom. The lowest BCUT2D eigenvalue weighted by atomic mass is 9.87. The van der Waals surface area contributed by atoms with E-state index in [0.29, 0.717) is 17.7 Å². The summed E-state index contributed by atoms with van der Waals surface area (Å²) in [4.78, 5) is 9.12. The first-order valence-electron chi connectivity index (χ1n) is 6.13. The molecule has 1 heterocycles. The maximum atomic E-state index is 6.03. The van der Waals surface area contributed by atoms with Crippen LogP contribution in [0.4, 0.5) is 5.82 Å². The minimum atomic E-state index is 0.560. The molecule has 16 heavy (non-hydrogen) atoms. The molecule has 1 aromatic rings. The topological polar surface area (TPSA) is 77.8 Å². The zero-order valence-electron chi connectivity index (χ0n) is 9.45. The highest BCUT2D eigenvalue weighted by Crippen LogP contribution is 2.39. The number of nitrogen functional groups attached to an aromatic ring is 1. The molecule has 4 heteroatoms. The number of nitrogens with zero attached hydrogens (tertiary/aromatic N) is 2. The molecule has 4 N–H and O–H groups in total. The molecule has 0 spiro atoms. The van der Waals surface area contributed by atoms with E-state index >= 15 is 0 Å². The molecule has 1 aromatic heterocycles. The summed E-state index contributed by atoms with van der Waals surface area (Å²) in [6.45, 7) is 0.739. The summed E-state index contributed by atoms with van der Waals surface area (Å²) >= 11 is 0. The van der Waals surface area contributed by atoms with Gasteiger partial charge in [-0.15, -0.1) is 0 Å². The Labute approximate surface area is 95.5 Å². The standard InChI is InChI=1S/C12H18N4/c13-6-7-1-4-10-9(5-7)11(14)16-12(15-10)8-2-3-8/h7-8H,1-6,13H2,(H2,14,15,16). The van der Waals surface area contributed by atoms with Gasteiger partial charge in [-0.1, -0.05) is 0 Å². The van der Waals surface area contributed by atoms with Gasteiger partial charge in [0.05, 0.1) is 0 Å². The number of nitrogens with two attached hydrogens (primary N) is 2. The Morgan fingerprint density at radius 1 is 1.19 bits per heavy atom. The molecule has 0 saturated heterocycles. The van der Waals surface area contributed by atoms with Gasteiger partial charge in [0.15, 0.2) is 0 Å². The summed E-state index contributed by atoms with van der Waals surface area (Å²) in [5.74, 6) is 2.82. The maximum Gasteiger partial charge on any atom is 0.134 e. The zero-order chi connectivity index (χ0) is 11.1. The average Bonchev–Trinajstić information content (AvgIpc) is 3.12. The quantitative estimate of drug-likeness (QED) is 0.776. The van der Waals surface area contributed by atoms with Crippen molar-refractivity contribution in [2.75, 3.05) is 12.3 Å². The molecular weight excluding hydrogens is 200 g/mol. The van der Waals surface area contributed by atoms with Crippen LogP contribution in [0.15, 0.2) is 0 Å². The molecule has 0 aromatic carbocycles. The van der Waals surface area contributed by atoms with Crippen LogP contribution in [0.5, 0.6) is 0 Å². The molecule has 86 valence electrons. The predicted octanol–water partition coefficient (Wildman–Crippen LogP) is 1.000. The molecule has 3 rings (SSSR count). The van der Waals surface area contributed by atoms with Gasteiger partial charge in [0.25, 0.3) is 0 Å². The van der Waals surface area contributed by atoms with Crippen molar-refractivity contribution in [1.82, 2.24) is 9.97 Å². The zero-order valence-corrected chi connectivity index (χ0v) is 9.45. The number of rotatable bonds is 2. The number of hydrogen-bond donors (Lipinski definition) is 2. The van der Waals surface area contributed by atoms with Crippen LogP contribution >= 0.6 is 0 Å². The lowest BCUT2D eigenvalue weighted by molar-refractivity contribution is 0.461. The molecule has 1 atom stereocenters. The lowest BCUT2D eigenvalue weighted by Gasteiger charge is -2.23. The predicted molar refractivity (Wildman–Crippen MR) is 63.0 cm³/mol. The van der Waals surface area contributed by atoms with E-state index in [0.717, 1.165) is 37.2 Å². The first-order valence-corrected chi connectivity index (χ1v) is 6.13. The molecule has 0 bridgehead atoms. The van der Waals surface area contributed by atoms with Crippen LogP contribution in [-0.2, 0) is 12.8 Å². The van der Waals surface area contributed by atoms with E-state index in [1.54, 1.807) is 0 Å². The van der Waals surface area contributed by atoms with Crippen LogP contribution in [0, 0.1) is 5.92 Å². The van der Waals surface area contributed by atoms with E-state index in [9.17, 15) is 0 Å². The minimum absolute atomic E-state index is 0.560. The smallest absolute Gasteiger partial charge is 0.134 e. The Hall–Kier alpha value is -1.16. The highest BCUT2D eigenvalue weighted by Gasteiger charge is 2.29. The second-order valence-electron chi connectivity index (χ2n) is 5.01. The van der Waals surface area contributed by atoms with Gasteiger partial charge in [0.1, 0.15) is 11.6 Å². The monoisotopic (exact) mass is 218 g/mol. The molecule has 2 aliphatic rings. The van der Waals surface area contributed by atoms with Crippen molar-refractivity contribution in [3.8, 4) is 0 Å². The van der Waals surface area contributed by atoms with Crippen LogP contribution in [0.25, 0.3) is 0 Å². The molecule has 0 aliphatic heterocycles. The summed E-state index contributed by atoms with van der Waals surface area (Å²) in [6.07, 6.45) is 5.57. The van der Waals surface area contributed by atoms with Crippen molar-refractivity contribution in [1.29, 1.82) is 0 Å². The van der Waals surface area contributed by atoms with Crippen LogP contribution in [0.3, 0.4) is 0 Å². The molecule has 1 saturated carbocycles. The molecule has 1 fully saturated rings. The van der Waals surface area contributed by atoms with Crippen LogP contribution in [0.2, 0.25) is 0 Å². The molecule has 4 nitrogen and oxygen atoms in total. The largest absolute Gasteiger partial charge is 0.383 e. The Kier molecular flexibility index (Phi) is 2.32. The number of fused-ring (bicyclic) bond motifs is 1. The summed E-state index contributed by atoms with van der Waals surface area (Å²) in [7, 11) is 0. The van der Waals surface area contributed by atoms with Crippen molar-refractivity contribution in [3.05, 3.63) is 17.1 Å². The Morgan fingerprint density at radius 2 is 2.00 bits per heavy atom. The second kappa shape index (κ2) is 3.70. The minimum Gasteiger partial charge on any atom is -0.383 e. The van der Waals surface area contributed by atoms with E-state index in [4.69, 9.17) is 11.5 Å². The van der Waals surface area contributed by atoms with E-state index in [2.05, 4.69) is 9.97 Å². The van der Waals surface area contributed by atoms with Gasteiger partial charge in [0.2, 0.25) is 0 Å². The second-order valence-corrected chi connectivity index (χ2v) is 5.01. The van der Waals surface area contributed by atoms with Crippen molar-refractivity contribution < 1.29 is 0 Å². The average molecular weight is 218 g/mol. The van der Waals surface area contributed by atoms with Crippen molar-refractivity contribution in [2.45, 2.75) is 38.0 Å². The maximum absolute atomic E-state index is 6.03. The molecule has 1 unspecified atom stereocenters. The number of aromatic nitrogens is 2. The highest BCUT2D eigenvalue weighted by molar-refractivity contribution is 5.44. The number of hydrogen-bond acceptors (Lipinski definition) is 4. The van der Waals surface area contributed by atoms with Crippen LogP contribution in [-0.4, -0.2) is 16.5 Å². The first-order chi connectivity index (χ1) is 7.78. The lowest BCUT2D eigenvalue weighted by Crippen LogP contribution is -2.24. The van der Waals surface area contributed by atoms with Crippen molar-refractivity contribution >= 4 is 5.82 Å². The fourth-order valence-electron chi connectivity index (χ4n) is 2.46. The fourth-order valence-corrected chi connectivity index (χ4v) is 2.46. The molecule has 2 aliphatic carbocycles. The third-order valence-electron chi connectivity index (χ3n) is 3.70. The summed E-state index contributed by atoms with van der Waals surface area (Å²) in [6, 6.07) is 0. The SMILES string of the molecule is NCC1CCc2nc(C3CC3)nc(N)c2C1. The summed E-state index contributed by atoms with van der Waals surface area (Å²) in [5, 5.41) is 0. The Balaban J connectivity index is 1.95. The third kappa shape index (κ3) is 1.67. The van der Waals surface area contributed by atoms with E-state index in [1.807, 2.05) is 0 Å². The van der Waals surface area contributed by atoms with Gasteiger partial charge in [-0.2, -0.15) is 0 Å². The van der Waals surface area contributed by atoms with E-state index in [-0.39, 0.29) is 0 Å². The fraction of sp³-hybridized carbons (Fsp3) is 0.667. The summed E-state index contributed by atoms with van der Waals surface area (Å²) in [5.41, 5.74) is 14.1. The van der Waals surface area contributed by atoms with E-state index in [1.165, 1.54) is 18.5 Å². The Bertz CT molecular complexity index is 412. The number of aryl methyl sites for hydroxylation is 1. The van der Waals surface area contributed by atoms with Crippen molar-refractivity contribution in [2.24, 2.45) is 11.7 Å². The van der Waals surface area contributed by atoms with E-state index < -0.39 is 0 Å². The van der Waals surface area contributed by atoms with Crippen LogP contribution < -0.4 is 11.5 Å². The molecule has 0 radical (unpaired) electrons. The van der Waals surface area contributed by atoms with Crippen molar-refractivity contribution in [3.63, 3.8) is 0 Å². The van der Waals surface area contributed by atoms with Crippen LogP contribution in [0.1, 0.15) is 42.3 Å². The molecular formula is C12H18N4. The summed E-state index contributed by atoms with van der Waals surface area (Å²) < 4.78 is 0. The van der Waals surface area contributed by atoms with Gasteiger partial charge >= 0.3 is 0 Å². The van der Waals surface area contributed by atoms with Gasteiger partial charge in [-0.3, -0.25) is 0 Å². The highest BCUT2D eigenvalue weighted by atomic mass is 15.0. The molecule has 0 amide bonds. The van der Waals surface area contributed by atoms with Gasteiger partial charge in [0, 0.05) is 17.2 Å². The number of anilines is 1. The first kappa shape index (κ1) is 10.0. The van der Waals surface area contributed by atoms with Gasteiger partial charge < -0.3 is 11.5 Å². The van der Waals surface area contributed by atoms with Gasteiger partial charge in [-0.25, -0.2) is 9.97 Å². The third-order valence-corrected chi connectivity index (χ3v) is 3.70. The normalized spacial score (nSPS) is 24.2. The van der Waals surface area contributed by atoms with Gasteiger partial charge in [-0.05, 0) is 44.6 Å².